The van der Waals surface area contributed by atoms with Crippen molar-refractivity contribution in [3.8, 4) is 0 Å². The Morgan fingerprint density at radius 2 is 2.38 bits per heavy atom. The van der Waals surface area contributed by atoms with Crippen LogP contribution in [0.1, 0.15) is 18.9 Å². The van der Waals surface area contributed by atoms with E-state index in [-0.39, 0.29) is 6.10 Å². The number of aromatic nitrogens is 2. The molecule has 16 heavy (non-hydrogen) atoms. The molecular weight excluding hydrogens is 204 g/mol. The van der Waals surface area contributed by atoms with Crippen molar-refractivity contribution in [3.05, 3.63) is 11.8 Å². The van der Waals surface area contributed by atoms with Crippen LogP contribution in [0.15, 0.2) is 6.20 Å². The van der Waals surface area contributed by atoms with E-state index in [4.69, 9.17) is 10.5 Å². The summed E-state index contributed by atoms with van der Waals surface area (Å²) in [7, 11) is 0. The lowest BCUT2D eigenvalue weighted by Gasteiger charge is -2.24. The van der Waals surface area contributed by atoms with E-state index in [9.17, 15) is 0 Å². The molecule has 1 unspecified atom stereocenters. The summed E-state index contributed by atoms with van der Waals surface area (Å²) in [5, 5.41) is 0. The fourth-order valence-corrected chi connectivity index (χ4v) is 1.95. The molecule has 2 N–H and O–H groups in total. The molecule has 1 aromatic rings. The second-order valence-corrected chi connectivity index (χ2v) is 4.22. The van der Waals surface area contributed by atoms with Gasteiger partial charge in [0.2, 0.25) is 5.95 Å². The summed E-state index contributed by atoms with van der Waals surface area (Å²) in [6, 6.07) is 0. The molecule has 5 nitrogen and oxygen atoms in total. The summed E-state index contributed by atoms with van der Waals surface area (Å²) in [5.41, 5.74) is 6.69. The first-order chi connectivity index (χ1) is 7.66. The molecule has 0 aliphatic carbocycles. The van der Waals surface area contributed by atoms with Crippen LogP contribution in [-0.2, 0) is 4.74 Å². The van der Waals surface area contributed by atoms with E-state index in [1.165, 1.54) is 0 Å². The fourth-order valence-electron chi connectivity index (χ4n) is 1.95. The average molecular weight is 222 g/mol. The van der Waals surface area contributed by atoms with Crippen LogP contribution in [0.5, 0.6) is 0 Å². The van der Waals surface area contributed by atoms with E-state index in [0.717, 1.165) is 37.5 Å². The second kappa shape index (κ2) is 4.65. The van der Waals surface area contributed by atoms with Crippen LogP contribution < -0.4 is 10.6 Å². The predicted octanol–water partition coefficient (Wildman–Crippen LogP) is 0.982. The molecule has 1 atom stereocenters. The van der Waals surface area contributed by atoms with Crippen LogP contribution in [-0.4, -0.2) is 35.8 Å². The van der Waals surface area contributed by atoms with Crippen molar-refractivity contribution in [1.82, 2.24) is 9.97 Å². The highest BCUT2D eigenvalue weighted by Gasteiger charge is 2.18. The minimum absolute atomic E-state index is 0.234. The first-order valence-corrected chi connectivity index (χ1v) is 5.62. The van der Waals surface area contributed by atoms with Gasteiger partial charge in [0.25, 0.3) is 0 Å². The quantitative estimate of drug-likeness (QED) is 0.767. The molecule has 2 heterocycles. The second-order valence-electron chi connectivity index (χ2n) is 4.22. The number of hydrogen-bond acceptors (Lipinski definition) is 5. The van der Waals surface area contributed by atoms with Crippen LogP contribution in [0, 0.1) is 6.92 Å². The highest BCUT2D eigenvalue weighted by molar-refractivity contribution is 5.48. The molecule has 88 valence electrons. The molecule has 0 saturated carbocycles. The van der Waals surface area contributed by atoms with E-state index in [1.54, 1.807) is 6.20 Å². The van der Waals surface area contributed by atoms with Gasteiger partial charge in [0.15, 0.2) is 0 Å². The number of nitrogens with zero attached hydrogens (tertiary/aromatic N) is 3. The Morgan fingerprint density at radius 3 is 3.19 bits per heavy atom. The molecule has 2 rings (SSSR count). The van der Waals surface area contributed by atoms with Gasteiger partial charge in [-0.1, -0.05) is 0 Å². The lowest BCUT2D eigenvalue weighted by atomic mass is 10.3. The predicted molar refractivity (Wildman–Crippen MR) is 63.4 cm³/mol. The maximum absolute atomic E-state index is 5.63. The van der Waals surface area contributed by atoms with E-state index >= 15 is 0 Å². The molecular formula is C11H18N4O. The third kappa shape index (κ3) is 2.41. The zero-order valence-electron chi connectivity index (χ0n) is 9.81. The molecule has 1 fully saturated rings. The Morgan fingerprint density at radius 1 is 1.56 bits per heavy atom. The number of hydrogen-bond donors (Lipinski definition) is 1. The Bertz CT molecular complexity index is 369. The van der Waals surface area contributed by atoms with Gasteiger partial charge in [0, 0.05) is 31.5 Å². The summed E-state index contributed by atoms with van der Waals surface area (Å²) < 4.78 is 5.61. The van der Waals surface area contributed by atoms with Gasteiger partial charge >= 0.3 is 0 Å². The summed E-state index contributed by atoms with van der Waals surface area (Å²) in [6.45, 7) is 6.72. The number of ether oxygens (including phenoxy) is 1. The van der Waals surface area contributed by atoms with Gasteiger partial charge in [-0.05, 0) is 20.3 Å². The molecule has 1 saturated heterocycles. The zero-order chi connectivity index (χ0) is 11.5. The molecule has 1 aromatic heterocycles. The topological polar surface area (TPSA) is 64.3 Å². The Balaban J connectivity index is 2.24. The van der Waals surface area contributed by atoms with Crippen LogP contribution >= 0.6 is 0 Å². The first kappa shape index (κ1) is 11.1. The van der Waals surface area contributed by atoms with Crippen molar-refractivity contribution in [3.63, 3.8) is 0 Å². The molecule has 0 amide bonds. The SMILES string of the molecule is Cc1cnc(N)nc1N1CCCOC(C)C1. The van der Waals surface area contributed by atoms with Crippen molar-refractivity contribution >= 4 is 11.8 Å². The lowest BCUT2D eigenvalue weighted by Crippen LogP contribution is -2.31. The first-order valence-electron chi connectivity index (χ1n) is 5.62. The molecule has 0 bridgehead atoms. The van der Waals surface area contributed by atoms with Crippen LogP contribution in [0.25, 0.3) is 0 Å². The van der Waals surface area contributed by atoms with Gasteiger partial charge in [-0.25, -0.2) is 4.98 Å². The lowest BCUT2D eigenvalue weighted by molar-refractivity contribution is 0.0820. The maximum atomic E-state index is 5.63. The third-order valence-corrected chi connectivity index (χ3v) is 2.72. The number of rotatable bonds is 1. The Hall–Kier alpha value is -1.36. The fraction of sp³-hybridized carbons (Fsp3) is 0.636. The normalized spacial score (nSPS) is 21.9. The molecule has 0 aromatic carbocycles. The van der Waals surface area contributed by atoms with Crippen LogP contribution in [0.2, 0.25) is 0 Å². The Labute approximate surface area is 95.6 Å². The largest absolute Gasteiger partial charge is 0.377 e. The maximum Gasteiger partial charge on any atom is 0.221 e. The molecule has 5 heteroatoms. The summed E-state index contributed by atoms with van der Waals surface area (Å²) in [5.74, 6) is 1.27. The van der Waals surface area contributed by atoms with Gasteiger partial charge in [-0.3, -0.25) is 0 Å². The number of nitrogen functional groups attached to an aromatic ring is 1. The van der Waals surface area contributed by atoms with E-state index < -0.39 is 0 Å². The van der Waals surface area contributed by atoms with Crippen molar-refractivity contribution in [1.29, 1.82) is 0 Å². The smallest absolute Gasteiger partial charge is 0.221 e. The van der Waals surface area contributed by atoms with E-state index in [0.29, 0.717) is 5.95 Å². The number of anilines is 2. The number of aryl methyl sites for hydroxylation is 1. The monoisotopic (exact) mass is 222 g/mol. The van der Waals surface area contributed by atoms with Gasteiger partial charge in [-0.2, -0.15) is 4.98 Å². The van der Waals surface area contributed by atoms with Gasteiger partial charge in [0.05, 0.1) is 6.10 Å². The number of nitrogens with two attached hydrogens (primary N) is 1. The highest BCUT2D eigenvalue weighted by Crippen LogP contribution is 2.19. The minimum Gasteiger partial charge on any atom is -0.377 e. The van der Waals surface area contributed by atoms with Crippen molar-refractivity contribution in [2.24, 2.45) is 0 Å². The third-order valence-electron chi connectivity index (χ3n) is 2.72. The summed E-state index contributed by atoms with van der Waals surface area (Å²) >= 11 is 0. The van der Waals surface area contributed by atoms with Crippen molar-refractivity contribution in [2.75, 3.05) is 30.3 Å². The van der Waals surface area contributed by atoms with Crippen LogP contribution in [0.3, 0.4) is 0 Å². The van der Waals surface area contributed by atoms with Crippen LogP contribution in [0.4, 0.5) is 11.8 Å². The van der Waals surface area contributed by atoms with Gasteiger partial charge < -0.3 is 15.4 Å². The van der Waals surface area contributed by atoms with Gasteiger partial charge in [0.1, 0.15) is 5.82 Å². The molecule has 0 radical (unpaired) electrons. The zero-order valence-corrected chi connectivity index (χ0v) is 9.81. The van der Waals surface area contributed by atoms with Crippen molar-refractivity contribution in [2.45, 2.75) is 26.4 Å². The summed E-state index contributed by atoms with van der Waals surface area (Å²) in [6.07, 6.45) is 3.03. The highest BCUT2D eigenvalue weighted by atomic mass is 16.5. The summed E-state index contributed by atoms with van der Waals surface area (Å²) in [4.78, 5) is 10.5. The standard InChI is InChI=1S/C11H18N4O/c1-8-6-13-11(12)14-10(8)15-4-3-5-16-9(2)7-15/h6,9H,3-5,7H2,1-2H3,(H2,12,13,14). The van der Waals surface area contributed by atoms with E-state index in [1.807, 2.05) is 6.92 Å². The van der Waals surface area contributed by atoms with E-state index in [2.05, 4.69) is 21.8 Å². The van der Waals surface area contributed by atoms with Crippen molar-refractivity contribution < 1.29 is 4.74 Å². The van der Waals surface area contributed by atoms with Gasteiger partial charge in [-0.15, -0.1) is 0 Å². The molecule has 1 aliphatic heterocycles. The molecule has 1 aliphatic rings. The average Bonchev–Trinajstić information content (AvgIpc) is 2.46. The molecule has 0 spiro atoms. The minimum atomic E-state index is 0.234. The Kier molecular flexibility index (Phi) is 3.24.